The molecule has 0 aliphatic carbocycles. The highest BCUT2D eigenvalue weighted by atomic mass is 35.5. The molecule has 1 fully saturated rings. The Hall–Kier alpha value is -1.26. The number of phenols is 1. The molecule has 3 N–H and O–H groups in total. The van der Waals surface area contributed by atoms with Gasteiger partial charge in [-0.15, -0.1) is 0 Å². The van der Waals surface area contributed by atoms with Gasteiger partial charge in [-0.05, 0) is 43.5 Å². The van der Waals surface area contributed by atoms with E-state index >= 15 is 0 Å². The molecule has 24 heavy (non-hydrogen) atoms. The smallest absolute Gasteiger partial charge is 0.121 e. The number of halogens is 2. The fraction of sp³-hybridized carbons (Fsp3) is 0.368. The van der Waals surface area contributed by atoms with Gasteiger partial charge in [-0.25, -0.2) is 0 Å². The average Bonchev–Trinajstić information content (AvgIpc) is 2.59. The molecule has 0 saturated carbocycles. The molecule has 1 atom stereocenters. The predicted octanol–water partition coefficient (Wildman–Crippen LogP) is 4.61. The van der Waals surface area contributed by atoms with E-state index in [1.54, 1.807) is 6.07 Å². The van der Waals surface area contributed by atoms with Crippen LogP contribution < -0.4 is 5.73 Å². The number of phenolic OH excluding ortho intramolecular Hbond substituents is 1. The van der Waals surface area contributed by atoms with Crippen LogP contribution in [0.1, 0.15) is 30.0 Å². The first kappa shape index (κ1) is 17.6. The Morgan fingerprint density at radius 2 is 1.71 bits per heavy atom. The number of benzene rings is 2. The van der Waals surface area contributed by atoms with Gasteiger partial charge in [0.15, 0.2) is 0 Å². The molecule has 5 heteroatoms. The van der Waals surface area contributed by atoms with Crippen molar-refractivity contribution in [1.29, 1.82) is 0 Å². The Kier molecular flexibility index (Phi) is 5.67. The summed E-state index contributed by atoms with van der Waals surface area (Å²) in [6, 6.07) is 13.5. The number of rotatable bonds is 4. The van der Waals surface area contributed by atoms with Crippen molar-refractivity contribution in [3.8, 4) is 5.75 Å². The van der Waals surface area contributed by atoms with E-state index in [2.05, 4.69) is 29.2 Å². The summed E-state index contributed by atoms with van der Waals surface area (Å²) in [6.45, 7) is 2.99. The topological polar surface area (TPSA) is 49.5 Å². The van der Waals surface area contributed by atoms with Crippen molar-refractivity contribution < 1.29 is 5.11 Å². The minimum absolute atomic E-state index is 0.128. The molecule has 1 heterocycles. The fourth-order valence-corrected chi connectivity index (χ4v) is 3.71. The van der Waals surface area contributed by atoms with Gasteiger partial charge >= 0.3 is 0 Å². The summed E-state index contributed by atoms with van der Waals surface area (Å²) in [7, 11) is 0. The molecule has 1 unspecified atom stereocenters. The predicted molar refractivity (Wildman–Crippen MR) is 99.5 cm³/mol. The number of aromatic hydroxyl groups is 1. The van der Waals surface area contributed by atoms with Gasteiger partial charge in [0.2, 0.25) is 0 Å². The molecule has 0 radical (unpaired) electrons. The van der Waals surface area contributed by atoms with Crippen LogP contribution in [0.3, 0.4) is 0 Å². The van der Waals surface area contributed by atoms with E-state index in [0.29, 0.717) is 21.5 Å². The van der Waals surface area contributed by atoms with Crippen molar-refractivity contribution in [2.75, 3.05) is 13.1 Å². The standard InChI is InChI=1S/C19H22Cl2N2O/c20-16-10-15(18(24)11-17(16)21)19(22)14-6-8-23(9-7-14)12-13-4-2-1-3-5-13/h1-5,10-11,14,19,24H,6-9,12,22H2. The molecular formula is C19H22Cl2N2O. The second-order valence-corrected chi connectivity index (χ2v) is 7.26. The quantitative estimate of drug-likeness (QED) is 0.832. The lowest BCUT2D eigenvalue weighted by molar-refractivity contribution is 0.162. The minimum atomic E-state index is -0.223. The molecule has 1 aliphatic rings. The van der Waals surface area contributed by atoms with Crippen LogP contribution in [0, 0.1) is 5.92 Å². The Labute approximate surface area is 153 Å². The summed E-state index contributed by atoms with van der Waals surface area (Å²) in [5, 5.41) is 10.9. The van der Waals surface area contributed by atoms with Crippen LogP contribution in [0.2, 0.25) is 10.0 Å². The normalized spacial score (nSPS) is 17.8. The van der Waals surface area contributed by atoms with Gasteiger partial charge in [0.05, 0.1) is 10.0 Å². The van der Waals surface area contributed by atoms with Crippen LogP contribution in [0.15, 0.2) is 42.5 Å². The van der Waals surface area contributed by atoms with Gasteiger partial charge in [-0.3, -0.25) is 4.90 Å². The highest BCUT2D eigenvalue weighted by molar-refractivity contribution is 6.42. The van der Waals surface area contributed by atoms with Gasteiger partial charge < -0.3 is 10.8 Å². The second-order valence-electron chi connectivity index (χ2n) is 6.45. The van der Waals surface area contributed by atoms with E-state index in [9.17, 15) is 5.11 Å². The van der Waals surface area contributed by atoms with Crippen molar-refractivity contribution >= 4 is 23.2 Å². The van der Waals surface area contributed by atoms with Crippen LogP contribution in [0.25, 0.3) is 0 Å². The summed E-state index contributed by atoms with van der Waals surface area (Å²) in [4.78, 5) is 2.45. The Bertz CT molecular complexity index is 685. The Morgan fingerprint density at radius 1 is 1.08 bits per heavy atom. The molecule has 0 amide bonds. The van der Waals surface area contributed by atoms with Gasteiger partial charge in [0.1, 0.15) is 5.75 Å². The van der Waals surface area contributed by atoms with Gasteiger partial charge in [0.25, 0.3) is 0 Å². The number of hydrogen-bond donors (Lipinski definition) is 2. The van der Waals surface area contributed by atoms with Gasteiger partial charge in [-0.1, -0.05) is 53.5 Å². The van der Waals surface area contributed by atoms with Crippen LogP contribution in [0.4, 0.5) is 0 Å². The highest BCUT2D eigenvalue weighted by Crippen LogP contribution is 2.37. The van der Waals surface area contributed by atoms with E-state index in [-0.39, 0.29) is 11.8 Å². The van der Waals surface area contributed by atoms with E-state index in [0.717, 1.165) is 32.5 Å². The van der Waals surface area contributed by atoms with Crippen LogP contribution >= 0.6 is 23.2 Å². The molecule has 128 valence electrons. The molecule has 0 aromatic heterocycles. The number of piperidine rings is 1. The molecule has 0 spiro atoms. The van der Waals surface area contributed by atoms with Crippen molar-refractivity contribution in [1.82, 2.24) is 4.90 Å². The maximum absolute atomic E-state index is 10.1. The highest BCUT2D eigenvalue weighted by Gasteiger charge is 2.27. The lowest BCUT2D eigenvalue weighted by Crippen LogP contribution is -2.37. The zero-order valence-electron chi connectivity index (χ0n) is 13.5. The van der Waals surface area contributed by atoms with E-state index in [1.165, 1.54) is 11.6 Å². The number of nitrogens with two attached hydrogens (primary N) is 1. The molecule has 2 aromatic carbocycles. The van der Waals surface area contributed by atoms with Crippen LogP contribution in [-0.4, -0.2) is 23.1 Å². The third-order valence-electron chi connectivity index (χ3n) is 4.82. The summed E-state index contributed by atoms with van der Waals surface area (Å²) >= 11 is 12.0. The third kappa shape index (κ3) is 4.04. The van der Waals surface area contributed by atoms with Gasteiger partial charge in [-0.2, -0.15) is 0 Å². The molecular weight excluding hydrogens is 343 g/mol. The zero-order chi connectivity index (χ0) is 17.1. The molecule has 3 nitrogen and oxygen atoms in total. The number of hydrogen-bond acceptors (Lipinski definition) is 3. The molecule has 3 rings (SSSR count). The minimum Gasteiger partial charge on any atom is -0.508 e. The van der Waals surface area contributed by atoms with Gasteiger partial charge in [0, 0.05) is 24.2 Å². The number of nitrogens with zero attached hydrogens (tertiary/aromatic N) is 1. The second kappa shape index (κ2) is 7.75. The van der Waals surface area contributed by atoms with Crippen molar-refractivity contribution in [3.63, 3.8) is 0 Å². The summed E-state index contributed by atoms with van der Waals surface area (Å²) in [5.41, 5.74) is 8.43. The molecule has 0 bridgehead atoms. The monoisotopic (exact) mass is 364 g/mol. The summed E-state index contributed by atoms with van der Waals surface area (Å²) < 4.78 is 0. The molecule has 1 saturated heterocycles. The van der Waals surface area contributed by atoms with Crippen molar-refractivity contribution in [3.05, 3.63) is 63.6 Å². The van der Waals surface area contributed by atoms with E-state index < -0.39 is 0 Å². The zero-order valence-corrected chi connectivity index (χ0v) is 15.0. The first-order chi connectivity index (χ1) is 11.5. The largest absolute Gasteiger partial charge is 0.508 e. The first-order valence-electron chi connectivity index (χ1n) is 8.24. The molecule has 1 aliphatic heterocycles. The lowest BCUT2D eigenvalue weighted by Gasteiger charge is -2.35. The lowest BCUT2D eigenvalue weighted by atomic mass is 9.85. The average molecular weight is 365 g/mol. The van der Waals surface area contributed by atoms with Crippen LogP contribution in [-0.2, 0) is 6.54 Å². The Morgan fingerprint density at radius 3 is 2.38 bits per heavy atom. The first-order valence-corrected chi connectivity index (χ1v) is 9.00. The fourth-order valence-electron chi connectivity index (χ4n) is 3.38. The SMILES string of the molecule is NC(c1cc(Cl)c(Cl)cc1O)C1CCN(Cc2ccccc2)CC1. The maximum Gasteiger partial charge on any atom is 0.121 e. The number of likely N-dealkylation sites (tertiary alicyclic amines) is 1. The van der Waals surface area contributed by atoms with Crippen molar-refractivity contribution in [2.24, 2.45) is 11.7 Å². The van der Waals surface area contributed by atoms with E-state index in [1.807, 2.05) is 6.07 Å². The van der Waals surface area contributed by atoms with E-state index in [4.69, 9.17) is 28.9 Å². The van der Waals surface area contributed by atoms with Crippen molar-refractivity contribution in [2.45, 2.75) is 25.4 Å². The Balaban J connectivity index is 1.61. The maximum atomic E-state index is 10.1. The third-order valence-corrected chi connectivity index (χ3v) is 5.54. The molecule has 2 aromatic rings. The summed E-state index contributed by atoms with van der Waals surface area (Å²) in [6.07, 6.45) is 2.02. The van der Waals surface area contributed by atoms with Crippen LogP contribution in [0.5, 0.6) is 5.75 Å². The summed E-state index contributed by atoms with van der Waals surface area (Å²) in [5.74, 6) is 0.462.